The van der Waals surface area contributed by atoms with Crippen molar-refractivity contribution in [3.63, 3.8) is 0 Å². The van der Waals surface area contributed by atoms with Crippen LogP contribution in [0.1, 0.15) is 90.5 Å². The molecule has 1 aromatic carbocycles. The zero-order valence-electron chi connectivity index (χ0n) is 22.0. The lowest BCUT2D eigenvalue weighted by Gasteiger charge is -2.62. The Morgan fingerprint density at radius 2 is 1.71 bits per heavy atom. The number of aliphatic hydroxyl groups is 2. The van der Waals surface area contributed by atoms with Crippen LogP contribution in [0.25, 0.3) is 0 Å². The third-order valence-corrected chi connectivity index (χ3v) is 11.5. The molecule has 5 rings (SSSR count). The van der Waals surface area contributed by atoms with Crippen LogP contribution in [0.2, 0.25) is 0 Å². The zero-order valence-corrected chi connectivity index (χ0v) is 22.0. The van der Waals surface area contributed by atoms with E-state index in [2.05, 4.69) is 20.8 Å². The van der Waals surface area contributed by atoms with E-state index in [-0.39, 0.29) is 29.0 Å². The van der Waals surface area contributed by atoms with Gasteiger partial charge >= 0.3 is 5.97 Å². The highest BCUT2D eigenvalue weighted by molar-refractivity contribution is 5.69. The fourth-order valence-electron chi connectivity index (χ4n) is 9.53. The van der Waals surface area contributed by atoms with Crippen molar-refractivity contribution in [3.8, 4) is 0 Å². The summed E-state index contributed by atoms with van der Waals surface area (Å²) in [5.74, 6) is 3.04. The van der Waals surface area contributed by atoms with Gasteiger partial charge in [-0.05, 0) is 110 Å². The molecule has 0 aliphatic heterocycles. The van der Waals surface area contributed by atoms with E-state index in [4.69, 9.17) is 4.74 Å². The summed E-state index contributed by atoms with van der Waals surface area (Å²) in [6.07, 6.45) is 9.63. The summed E-state index contributed by atoms with van der Waals surface area (Å²) in [7, 11) is 0. The first-order valence-electron chi connectivity index (χ1n) is 14.3. The normalized spacial score (nSPS) is 43.5. The van der Waals surface area contributed by atoms with Crippen LogP contribution in [0, 0.1) is 46.3 Å². The number of benzene rings is 1. The average molecular weight is 483 g/mol. The van der Waals surface area contributed by atoms with Crippen LogP contribution >= 0.6 is 0 Å². The molecule has 4 aliphatic carbocycles. The highest BCUT2D eigenvalue weighted by Crippen LogP contribution is 2.68. The highest BCUT2D eigenvalue weighted by Gasteiger charge is 2.62. The molecule has 7 unspecified atom stereocenters. The predicted molar refractivity (Wildman–Crippen MR) is 137 cm³/mol. The van der Waals surface area contributed by atoms with Gasteiger partial charge < -0.3 is 14.9 Å². The number of carbonyl (C=O) groups is 1. The Bertz CT molecular complexity index is 885. The molecule has 4 fully saturated rings. The Labute approximate surface area is 211 Å². The molecule has 4 nitrogen and oxygen atoms in total. The average Bonchev–Trinajstić information content (AvgIpc) is 3.20. The molecular weight excluding hydrogens is 436 g/mol. The minimum atomic E-state index is -0.227. The number of ether oxygens (including phenoxy) is 1. The van der Waals surface area contributed by atoms with Gasteiger partial charge in [-0.1, -0.05) is 51.1 Å². The number of rotatable bonds is 6. The smallest absolute Gasteiger partial charge is 0.306 e. The van der Waals surface area contributed by atoms with Crippen LogP contribution in [-0.4, -0.2) is 28.4 Å². The molecule has 35 heavy (non-hydrogen) atoms. The Morgan fingerprint density at radius 1 is 1.00 bits per heavy atom. The van der Waals surface area contributed by atoms with E-state index in [1.165, 1.54) is 25.7 Å². The van der Waals surface area contributed by atoms with Gasteiger partial charge in [-0.2, -0.15) is 0 Å². The van der Waals surface area contributed by atoms with E-state index in [0.717, 1.165) is 37.7 Å². The van der Waals surface area contributed by atoms with E-state index >= 15 is 0 Å². The number of hydrogen-bond donors (Lipinski definition) is 2. The SMILES string of the molecule is CC(CCC(=O)OCc1ccccc1)[C@H]1CCC2C3C(O)CC4CC(O)CC[C@]4(C)C3CC[C@@]21C. The summed E-state index contributed by atoms with van der Waals surface area (Å²) >= 11 is 0. The van der Waals surface area contributed by atoms with Crippen LogP contribution in [0.5, 0.6) is 0 Å². The summed E-state index contributed by atoms with van der Waals surface area (Å²) in [5.41, 5.74) is 1.56. The molecule has 194 valence electrons. The summed E-state index contributed by atoms with van der Waals surface area (Å²) < 4.78 is 5.54. The molecule has 1 aromatic rings. The van der Waals surface area contributed by atoms with Gasteiger partial charge in [0.05, 0.1) is 12.2 Å². The number of hydrogen-bond acceptors (Lipinski definition) is 4. The topological polar surface area (TPSA) is 66.8 Å². The molecule has 0 bridgehead atoms. The summed E-state index contributed by atoms with van der Waals surface area (Å²) in [6, 6.07) is 9.89. The van der Waals surface area contributed by atoms with Crippen molar-refractivity contribution in [1.29, 1.82) is 0 Å². The number of esters is 1. The first-order chi connectivity index (χ1) is 16.7. The molecule has 0 aromatic heterocycles. The second-order valence-electron chi connectivity index (χ2n) is 13.1. The predicted octanol–water partition coefficient (Wildman–Crippen LogP) is 6.14. The molecule has 0 heterocycles. The molecular formula is C31H46O4. The van der Waals surface area contributed by atoms with Gasteiger partial charge in [0.15, 0.2) is 0 Å². The van der Waals surface area contributed by atoms with Crippen LogP contribution in [0.15, 0.2) is 30.3 Å². The Balaban J connectivity index is 1.21. The fraction of sp³-hybridized carbons (Fsp3) is 0.774. The largest absolute Gasteiger partial charge is 0.461 e. The number of fused-ring (bicyclic) bond motifs is 5. The maximum atomic E-state index is 12.4. The molecule has 2 N–H and O–H groups in total. The van der Waals surface area contributed by atoms with E-state index in [1.54, 1.807) is 0 Å². The maximum Gasteiger partial charge on any atom is 0.306 e. The molecule has 10 atom stereocenters. The van der Waals surface area contributed by atoms with Gasteiger partial charge in [0.1, 0.15) is 6.61 Å². The number of carbonyl (C=O) groups excluding carboxylic acids is 1. The highest BCUT2D eigenvalue weighted by atomic mass is 16.5. The second kappa shape index (κ2) is 9.82. The monoisotopic (exact) mass is 482 g/mol. The molecule has 0 amide bonds. The lowest BCUT2D eigenvalue weighted by molar-refractivity contribution is -0.174. The van der Waals surface area contributed by atoms with E-state index in [1.807, 2.05) is 30.3 Å². The minimum absolute atomic E-state index is 0.0923. The van der Waals surface area contributed by atoms with Crippen molar-refractivity contribution in [2.45, 2.75) is 104 Å². The molecule has 0 spiro atoms. The Hall–Kier alpha value is -1.39. The third-order valence-electron chi connectivity index (χ3n) is 11.5. The first-order valence-corrected chi connectivity index (χ1v) is 14.3. The fourth-order valence-corrected chi connectivity index (χ4v) is 9.53. The molecule has 0 saturated heterocycles. The van der Waals surface area contributed by atoms with Gasteiger partial charge in [0, 0.05) is 6.42 Å². The van der Waals surface area contributed by atoms with Crippen LogP contribution in [0.3, 0.4) is 0 Å². The van der Waals surface area contributed by atoms with Crippen molar-refractivity contribution in [1.82, 2.24) is 0 Å². The Kier molecular flexibility index (Phi) is 7.09. The third kappa shape index (κ3) is 4.59. The van der Waals surface area contributed by atoms with Gasteiger partial charge in [-0.15, -0.1) is 0 Å². The van der Waals surface area contributed by atoms with Crippen molar-refractivity contribution < 1.29 is 19.7 Å². The van der Waals surface area contributed by atoms with Crippen molar-refractivity contribution in [3.05, 3.63) is 35.9 Å². The van der Waals surface area contributed by atoms with E-state index in [0.29, 0.717) is 48.5 Å². The molecule has 0 radical (unpaired) electrons. The lowest BCUT2D eigenvalue weighted by atomic mass is 9.43. The van der Waals surface area contributed by atoms with Crippen LogP contribution in [0.4, 0.5) is 0 Å². The van der Waals surface area contributed by atoms with Crippen LogP contribution < -0.4 is 0 Å². The van der Waals surface area contributed by atoms with Gasteiger partial charge in [0.25, 0.3) is 0 Å². The zero-order chi connectivity index (χ0) is 24.8. The standard InChI is InChI=1S/C31H46O4/c1-20(9-12-28(34)35-19-21-7-5-4-6-8-21)24-10-11-25-29-26(14-16-31(24,25)3)30(2)15-13-23(32)17-22(30)18-27(29)33/h4-8,20,22-27,29,32-33H,9-19H2,1-3H3/t20?,22?,23?,24-,25?,26?,27?,29?,30+,31-/m1/s1. The van der Waals surface area contributed by atoms with Crippen molar-refractivity contribution in [2.75, 3.05) is 0 Å². The molecule has 4 aliphatic rings. The number of aliphatic hydroxyl groups excluding tert-OH is 2. The first kappa shape index (κ1) is 25.3. The maximum absolute atomic E-state index is 12.4. The Morgan fingerprint density at radius 3 is 2.49 bits per heavy atom. The van der Waals surface area contributed by atoms with Crippen molar-refractivity contribution in [2.24, 2.45) is 46.3 Å². The lowest BCUT2D eigenvalue weighted by Crippen LogP contribution is -2.58. The summed E-state index contributed by atoms with van der Waals surface area (Å²) in [5, 5.41) is 21.7. The summed E-state index contributed by atoms with van der Waals surface area (Å²) in [4.78, 5) is 12.4. The second-order valence-corrected chi connectivity index (χ2v) is 13.1. The van der Waals surface area contributed by atoms with E-state index in [9.17, 15) is 15.0 Å². The van der Waals surface area contributed by atoms with Gasteiger partial charge in [0.2, 0.25) is 0 Å². The van der Waals surface area contributed by atoms with Crippen LogP contribution in [-0.2, 0) is 16.1 Å². The molecule has 4 saturated carbocycles. The van der Waals surface area contributed by atoms with Crippen molar-refractivity contribution >= 4 is 5.97 Å². The minimum Gasteiger partial charge on any atom is -0.461 e. The van der Waals surface area contributed by atoms with Gasteiger partial charge in [-0.3, -0.25) is 4.79 Å². The summed E-state index contributed by atoms with van der Waals surface area (Å²) in [6.45, 7) is 7.68. The quantitative estimate of drug-likeness (QED) is 0.478. The molecule has 4 heteroatoms. The van der Waals surface area contributed by atoms with E-state index < -0.39 is 0 Å². The van der Waals surface area contributed by atoms with Gasteiger partial charge in [-0.25, -0.2) is 0 Å².